The standard InChI is InChI=1S/C13H14FNO3S2/c1-9-7-19-8-11(9)5-15-20(17,18)13-4-12(14)3-2-10(13)6-16/h2-4,7-8,15-16H,5-6H2,1H3. The number of benzene rings is 1. The van der Waals surface area contributed by atoms with E-state index in [1.807, 2.05) is 17.7 Å². The molecule has 0 saturated heterocycles. The molecule has 7 heteroatoms. The number of thiophene rings is 1. The van der Waals surface area contributed by atoms with Crippen molar-refractivity contribution >= 4 is 21.4 Å². The molecule has 0 atom stereocenters. The summed E-state index contributed by atoms with van der Waals surface area (Å²) in [6.45, 7) is 1.56. The van der Waals surface area contributed by atoms with Gasteiger partial charge in [0.1, 0.15) is 5.82 Å². The third-order valence-corrected chi connectivity index (χ3v) is 5.30. The first-order valence-electron chi connectivity index (χ1n) is 5.84. The summed E-state index contributed by atoms with van der Waals surface area (Å²) < 4.78 is 40.0. The molecule has 0 fully saturated rings. The molecule has 0 spiro atoms. The first-order chi connectivity index (χ1) is 9.44. The molecule has 1 heterocycles. The molecule has 0 bridgehead atoms. The Morgan fingerprint density at radius 2 is 2.05 bits per heavy atom. The van der Waals surface area contributed by atoms with E-state index in [2.05, 4.69) is 4.72 Å². The second kappa shape index (κ2) is 6.01. The van der Waals surface area contributed by atoms with Crippen LogP contribution in [0.3, 0.4) is 0 Å². The van der Waals surface area contributed by atoms with Crippen LogP contribution in [0.25, 0.3) is 0 Å². The van der Waals surface area contributed by atoms with Gasteiger partial charge in [-0.3, -0.25) is 0 Å². The Morgan fingerprint density at radius 1 is 1.30 bits per heavy atom. The van der Waals surface area contributed by atoms with E-state index in [0.717, 1.165) is 23.3 Å². The maximum atomic E-state index is 13.2. The number of nitrogens with one attached hydrogen (secondary N) is 1. The summed E-state index contributed by atoms with van der Waals surface area (Å²) >= 11 is 1.49. The van der Waals surface area contributed by atoms with Gasteiger partial charge in [0.25, 0.3) is 0 Å². The fourth-order valence-electron chi connectivity index (χ4n) is 1.73. The molecule has 0 radical (unpaired) electrons. The number of aliphatic hydroxyl groups excluding tert-OH is 1. The van der Waals surface area contributed by atoms with Crippen molar-refractivity contribution in [3.8, 4) is 0 Å². The molecule has 2 rings (SSSR count). The molecule has 0 aliphatic heterocycles. The quantitative estimate of drug-likeness (QED) is 0.888. The highest BCUT2D eigenvalue weighted by Gasteiger charge is 2.19. The van der Waals surface area contributed by atoms with E-state index < -0.39 is 22.4 Å². The Balaban J connectivity index is 2.26. The molecule has 108 valence electrons. The Bertz CT molecular complexity index is 710. The van der Waals surface area contributed by atoms with Gasteiger partial charge in [-0.25, -0.2) is 17.5 Å². The monoisotopic (exact) mass is 315 g/mol. The van der Waals surface area contributed by atoms with Crippen molar-refractivity contribution in [3.05, 3.63) is 51.5 Å². The fraction of sp³-hybridized carbons (Fsp3) is 0.231. The summed E-state index contributed by atoms with van der Waals surface area (Å²) in [5, 5.41) is 12.9. The SMILES string of the molecule is Cc1cscc1CNS(=O)(=O)c1cc(F)ccc1CO. The molecule has 2 N–H and O–H groups in total. The molecule has 20 heavy (non-hydrogen) atoms. The average molecular weight is 315 g/mol. The smallest absolute Gasteiger partial charge is 0.241 e. The van der Waals surface area contributed by atoms with Crippen molar-refractivity contribution in [2.75, 3.05) is 0 Å². The Labute approximate surface area is 120 Å². The van der Waals surface area contributed by atoms with Crippen molar-refractivity contribution in [2.24, 2.45) is 0 Å². The Morgan fingerprint density at radius 3 is 2.65 bits per heavy atom. The summed E-state index contributed by atoms with van der Waals surface area (Å²) in [5.41, 5.74) is 2.04. The number of rotatable bonds is 5. The third-order valence-electron chi connectivity index (χ3n) is 2.90. The fourth-order valence-corrected chi connectivity index (χ4v) is 3.83. The van der Waals surface area contributed by atoms with Gasteiger partial charge in [0.2, 0.25) is 10.0 Å². The molecule has 0 aliphatic carbocycles. The van der Waals surface area contributed by atoms with Gasteiger partial charge in [-0.2, -0.15) is 11.3 Å². The van der Waals surface area contributed by atoms with Crippen molar-refractivity contribution in [1.82, 2.24) is 4.72 Å². The number of sulfonamides is 1. The van der Waals surface area contributed by atoms with Crippen LogP contribution in [0.1, 0.15) is 16.7 Å². The lowest BCUT2D eigenvalue weighted by Gasteiger charge is -2.10. The predicted octanol–water partition coefficient (Wildman–Crippen LogP) is 2.17. The van der Waals surface area contributed by atoms with Gasteiger partial charge >= 0.3 is 0 Å². The van der Waals surface area contributed by atoms with E-state index in [1.165, 1.54) is 17.4 Å². The molecular weight excluding hydrogens is 301 g/mol. The van der Waals surface area contributed by atoms with Crippen LogP contribution in [0, 0.1) is 12.7 Å². The average Bonchev–Trinajstić information content (AvgIpc) is 2.82. The van der Waals surface area contributed by atoms with Crippen LogP contribution in [0.15, 0.2) is 33.9 Å². The van der Waals surface area contributed by atoms with E-state index in [4.69, 9.17) is 5.11 Å². The number of halogens is 1. The van der Waals surface area contributed by atoms with Crippen LogP contribution < -0.4 is 4.72 Å². The van der Waals surface area contributed by atoms with Crippen molar-refractivity contribution in [1.29, 1.82) is 0 Å². The van der Waals surface area contributed by atoms with Gasteiger partial charge in [-0.15, -0.1) is 0 Å². The number of hydrogen-bond donors (Lipinski definition) is 2. The third kappa shape index (κ3) is 3.24. The summed E-state index contributed by atoms with van der Waals surface area (Å²) in [4.78, 5) is -0.229. The summed E-state index contributed by atoms with van der Waals surface area (Å²) in [6.07, 6.45) is 0. The lowest BCUT2D eigenvalue weighted by Crippen LogP contribution is -2.24. The van der Waals surface area contributed by atoms with Crippen molar-refractivity contribution < 1.29 is 17.9 Å². The molecule has 0 unspecified atom stereocenters. The van der Waals surface area contributed by atoms with E-state index >= 15 is 0 Å². The number of aryl methyl sites for hydroxylation is 1. The molecular formula is C13H14FNO3S2. The molecule has 0 amide bonds. The maximum Gasteiger partial charge on any atom is 0.241 e. The molecule has 1 aromatic carbocycles. The van der Waals surface area contributed by atoms with Gasteiger partial charge in [0.05, 0.1) is 11.5 Å². The Hall–Kier alpha value is -1.28. The minimum atomic E-state index is -3.86. The first kappa shape index (κ1) is 15.1. The van der Waals surface area contributed by atoms with Crippen molar-refractivity contribution in [2.45, 2.75) is 25.0 Å². The maximum absolute atomic E-state index is 13.2. The highest BCUT2D eigenvalue weighted by atomic mass is 32.2. The molecule has 0 saturated carbocycles. The predicted molar refractivity (Wildman–Crippen MR) is 75.4 cm³/mol. The number of aliphatic hydroxyl groups is 1. The zero-order chi connectivity index (χ0) is 14.8. The zero-order valence-electron chi connectivity index (χ0n) is 10.8. The van der Waals surface area contributed by atoms with E-state index in [0.29, 0.717) is 0 Å². The normalized spacial score (nSPS) is 11.8. The van der Waals surface area contributed by atoms with Gasteiger partial charge in [0.15, 0.2) is 0 Å². The van der Waals surface area contributed by atoms with Crippen LogP contribution in [-0.2, 0) is 23.2 Å². The van der Waals surface area contributed by atoms with Crippen molar-refractivity contribution in [3.63, 3.8) is 0 Å². The second-order valence-electron chi connectivity index (χ2n) is 4.31. The molecule has 0 aliphatic rings. The summed E-state index contributed by atoms with van der Waals surface area (Å²) in [7, 11) is -3.86. The highest BCUT2D eigenvalue weighted by Crippen LogP contribution is 2.19. The first-order valence-corrected chi connectivity index (χ1v) is 8.27. The highest BCUT2D eigenvalue weighted by molar-refractivity contribution is 7.89. The van der Waals surface area contributed by atoms with E-state index in [9.17, 15) is 12.8 Å². The summed E-state index contributed by atoms with van der Waals surface area (Å²) in [6, 6.07) is 3.29. The van der Waals surface area contributed by atoms with Crippen LogP contribution in [0.5, 0.6) is 0 Å². The molecule has 1 aromatic heterocycles. The van der Waals surface area contributed by atoms with Gasteiger partial charge < -0.3 is 5.11 Å². The summed E-state index contributed by atoms with van der Waals surface area (Å²) in [5.74, 6) is -0.658. The molecule has 4 nitrogen and oxygen atoms in total. The van der Waals surface area contributed by atoms with E-state index in [-0.39, 0.29) is 17.0 Å². The van der Waals surface area contributed by atoms with E-state index in [1.54, 1.807) is 0 Å². The zero-order valence-corrected chi connectivity index (χ0v) is 12.4. The number of hydrogen-bond acceptors (Lipinski definition) is 4. The second-order valence-corrected chi connectivity index (χ2v) is 6.79. The Kier molecular flexibility index (Phi) is 4.54. The lowest BCUT2D eigenvalue weighted by molar-refractivity contribution is 0.278. The van der Waals surface area contributed by atoms with Gasteiger partial charge in [-0.05, 0) is 46.5 Å². The minimum Gasteiger partial charge on any atom is -0.392 e. The minimum absolute atomic E-state index is 0.138. The molecule has 2 aromatic rings. The van der Waals surface area contributed by atoms with Crippen LogP contribution in [-0.4, -0.2) is 13.5 Å². The van der Waals surface area contributed by atoms with Gasteiger partial charge in [0, 0.05) is 6.54 Å². The van der Waals surface area contributed by atoms with Crippen LogP contribution in [0.4, 0.5) is 4.39 Å². The largest absolute Gasteiger partial charge is 0.392 e. The topological polar surface area (TPSA) is 66.4 Å². The van der Waals surface area contributed by atoms with Gasteiger partial charge in [-0.1, -0.05) is 6.07 Å². The van der Waals surface area contributed by atoms with Crippen LogP contribution >= 0.6 is 11.3 Å². The van der Waals surface area contributed by atoms with Crippen LogP contribution in [0.2, 0.25) is 0 Å². The lowest BCUT2D eigenvalue weighted by atomic mass is 10.2.